The minimum atomic E-state index is -0.199. The van der Waals surface area contributed by atoms with Crippen LogP contribution in [0, 0.1) is 5.82 Å². The van der Waals surface area contributed by atoms with E-state index in [1.165, 1.54) is 18.6 Å². The van der Waals surface area contributed by atoms with E-state index in [0.717, 1.165) is 82.6 Å². The topological polar surface area (TPSA) is 70.8 Å². The maximum atomic E-state index is 13.3. The van der Waals surface area contributed by atoms with Crippen molar-refractivity contribution in [2.75, 3.05) is 50.8 Å². The van der Waals surface area contributed by atoms with Crippen molar-refractivity contribution < 1.29 is 9.13 Å². The van der Waals surface area contributed by atoms with Crippen LogP contribution in [0.2, 0.25) is 0 Å². The van der Waals surface area contributed by atoms with Gasteiger partial charge in [-0.05, 0) is 43.5 Å². The number of hydrogen-bond acceptors (Lipinski definition) is 5. The summed E-state index contributed by atoms with van der Waals surface area (Å²) >= 11 is 0. The third kappa shape index (κ3) is 5.97. The molecular formula is C23H34FN7O. The van der Waals surface area contributed by atoms with Crippen LogP contribution >= 0.6 is 0 Å². The summed E-state index contributed by atoms with van der Waals surface area (Å²) < 4.78 is 21.2. The van der Waals surface area contributed by atoms with Crippen molar-refractivity contribution in [1.29, 1.82) is 0 Å². The van der Waals surface area contributed by atoms with Gasteiger partial charge in [-0.25, -0.2) is 4.39 Å². The Morgan fingerprint density at radius 1 is 1.19 bits per heavy atom. The molecule has 0 radical (unpaired) electrons. The predicted octanol–water partition coefficient (Wildman–Crippen LogP) is 2.32. The summed E-state index contributed by atoms with van der Waals surface area (Å²) in [4.78, 5) is 9.55. The van der Waals surface area contributed by atoms with E-state index in [1.54, 1.807) is 6.33 Å². The number of rotatable bonds is 7. The first-order valence-corrected chi connectivity index (χ1v) is 11.7. The number of aryl methyl sites for hydroxylation is 1. The molecule has 1 aromatic carbocycles. The lowest BCUT2D eigenvalue weighted by atomic mass is 10.1. The molecule has 0 saturated carbocycles. The zero-order valence-corrected chi connectivity index (χ0v) is 18.9. The van der Waals surface area contributed by atoms with Gasteiger partial charge in [0.2, 0.25) is 0 Å². The third-order valence-electron chi connectivity index (χ3n) is 6.14. The summed E-state index contributed by atoms with van der Waals surface area (Å²) in [6.07, 6.45) is 6.31. The van der Waals surface area contributed by atoms with Gasteiger partial charge in [0.1, 0.15) is 18.0 Å². The van der Waals surface area contributed by atoms with E-state index in [1.807, 2.05) is 12.1 Å². The monoisotopic (exact) mass is 443 g/mol. The second-order valence-electron chi connectivity index (χ2n) is 8.32. The molecule has 0 spiro atoms. The van der Waals surface area contributed by atoms with E-state index in [0.29, 0.717) is 6.54 Å². The predicted molar refractivity (Wildman–Crippen MR) is 123 cm³/mol. The summed E-state index contributed by atoms with van der Waals surface area (Å²) in [6.45, 7) is 8.64. The van der Waals surface area contributed by atoms with Gasteiger partial charge in [-0.3, -0.25) is 4.99 Å². The smallest absolute Gasteiger partial charge is 0.194 e. The first-order chi connectivity index (χ1) is 15.7. The summed E-state index contributed by atoms with van der Waals surface area (Å²) in [7, 11) is 0. The van der Waals surface area contributed by atoms with Crippen molar-refractivity contribution in [1.82, 2.24) is 25.0 Å². The summed E-state index contributed by atoms with van der Waals surface area (Å²) in [6, 6.07) is 6.75. The van der Waals surface area contributed by atoms with E-state index in [9.17, 15) is 4.39 Å². The molecule has 8 nitrogen and oxygen atoms in total. The lowest BCUT2D eigenvalue weighted by Gasteiger charge is -2.38. The molecule has 1 N–H and O–H groups in total. The standard InChI is InChI=1S/C23H34FN7O/c1-2-22-28-27-18-31(22)11-10-25-23(26-17-21-5-3-4-16-32-21)30-14-12-29(13-15-30)20-8-6-19(24)7-9-20/h6-9,18,21H,2-5,10-17H2,1H3,(H,25,26). The molecular weight excluding hydrogens is 409 g/mol. The molecule has 2 aromatic rings. The van der Waals surface area contributed by atoms with Crippen LogP contribution in [0.3, 0.4) is 0 Å². The molecule has 9 heteroatoms. The fourth-order valence-corrected chi connectivity index (χ4v) is 4.26. The molecule has 32 heavy (non-hydrogen) atoms. The van der Waals surface area contributed by atoms with Gasteiger partial charge in [0.25, 0.3) is 0 Å². The second kappa shape index (κ2) is 11.3. The van der Waals surface area contributed by atoms with Crippen molar-refractivity contribution in [3.8, 4) is 0 Å². The first-order valence-electron chi connectivity index (χ1n) is 11.7. The number of aromatic nitrogens is 3. The third-order valence-corrected chi connectivity index (χ3v) is 6.14. The van der Waals surface area contributed by atoms with Gasteiger partial charge in [0.05, 0.1) is 12.6 Å². The molecule has 0 bridgehead atoms. The van der Waals surface area contributed by atoms with Crippen LogP contribution in [0.5, 0.6) is 0 Å². The Labute approximate surface area is 189 Å². The average molecular weight is 444 g/mol. The van der Waals surface area contributed by atoms with E-state index < -0.39 is 0 Å². The SMILES string of the molecule is CCc1nncn1CCNC(=NCC1CCCCO1)N1CCN(c2ccc(F)cc2)CC1. The largest absolute Gasteiger partial charge is 0.376 e. The Kier molecular flexibility index (Phi) is 7.92. The van der Waals surface area contributed by atoms with Crippen molar-refractivity contribution in [2.24, 2.45) is 4.99 Å². The maximum absolute atomic E-state index is 13.3. The molecule has 2 aliphatic heterocycles. The second-order valence-corrected chi connectivity index (χ2v) is 8.32. The van der Waals surface area contributed by atoms with Crippen LogP contribution in [-0.4, -0.2) is 77.6 Å². The lowest BCUT2D eigenvalue weighted by molar-refractivity contribution is 0.0223. The first kappa shape index (κ1) is 22.5. The Hall–Kier alpha value is -2.68. The van der Waals surface area contributed by atoms with Crippen LogP contribution in [0.1, 0.15) is 32.0 Å². The highest BCUT2D eigenvalue weighted by molar-refractivity contribution is 5.80. The van der Waals surface area contributed by atoms with Crippen molar-refractivity contribution in [3.63, 3.8) is 0 Å². The fourth-order valence-electron chi connectivity index (χ4n) is 4.26. The van der Waals surface area contributed by atoms with E-state index >= 15 is 0 Å². The minimum absolute atomic E-state index is 0.199. The molecule has 2 fully saturated rings. The zero-order chi connectivity index (χ0) is 22.2. The molecule has 0 aliphatic carbocycles. The molecule has 2 saturated heterocycles. The van der Waals surface area contributed by atoms with E-state index in [2.05, 4.69) is 36.8 Å². The van der Waals surface area contributed by atoms with Crippen molar-refractivity contribution >= 4 is 11.6 Å². The molecule has 0 amide bonds. The lowest BCUT2D eigenvalue weighted by Crippen LogP contribution is -2.53. The number of guanidine groups is 1. The highest BCUT2D eigenvalue weighted by Gasteiger charge is 2.21. The van der Waals surface area contributed by atoms with Gasteiger partial charge < -0.3 is 24.4 Å². The number of ether oxygens (including phenoxy) is 1. The molecule has 4 rings (SSSR count). The van der Waals surface area contributed by atoms with E-state index in [4.69, 9.17) is 9.73 Å². The van der Waals surface area contributed by atoms with Crippen LogP contribution < -0.4 is 10.2 Å². The summed E-state index contributed by atoms with van der Waals surface area (Å²) in [5, 5.41) is 11.7. The Bertz CT molecular complexity index is 855. The number of halogens is 1. The molecule has 3 heterocycles. The van der Waals surface area contributed by atoms with Gasteiger partial charge in [-0.1, -0.05) is 6.92 Å². The maximum Gasteiger partial charge on any atom is 0.194 e. The highest BCUT2D eigenvalue weighted by atomic mass is 19.1. The Balaban J connectivity index is 1.36. The van der Waals surface area contributed by atoms with Crippen LogP contribution in [0.25, 0.3) is 0 Å². The Morgan fingerprint density at radius 3 is 2.72 bits per heavy atom. The van der Waals surface area contributed by atoms with Gasteiger partial charge in [-0.15, -0.1) is 10.2 Å². The number of piperazine rings is 1. The van der Waals surface area contributed by atoms with E-state index in [-0.39, 0.29) is 11.9 Å². The minimum Gasteiger partial charge on any atom is -0.376 e. The highest BCUT2D eigenvalue weighted by Crippen LogP contribution is 2.17. The normalized spacial score (nSPS) is 19.9. The summed E-state index contributed by atoms with van der Waals surface area (Å²) in [5.74, 6) is 1.73. The zero-order valence-electron chi connectivity index (χ0n) is 18.9. The van der Waals surface area contributed by atoms with Gasteiger partial charge >= 0.3 is 0 Å². The van der Waals surface area contributed by atoms with Crippen molar-refractivity contribution in [2.45, 2.75) is 45.3 Å². The molecule has 1 unspecified atom stereocenters. The number of nitrogens with zero attached hydrogens (tertiary/aromatic N) is 6. The molecule has 174 valence electrons. The molecule has 1 aromatic heterocycles. The number of aliphatic imine (C=N–C) groups is 1. The summed E-state index contributed by atoms with van der Waals surface area (Å²) in [5.41, 5.74) is 1.06. The van der Waals surface area contributed by atoms with Gasteiger partial charge in [0, 0.05) is 58.0 Å². The Morgan fingerprint density at radius 2 is 2.00 bits per heavy atom. The quantitative estimate of drug-likeness (QED) is 0.523. The number of nitrogens with one attached hydrogen (secondary N) is 1. The molecule has 2 aliphatic rings. The van der Waals surface area contributed by atoms with Crippen LogP contribution in [0.4, 0.5) is 10.1 Å². The van der Waals surface area contributed by atoms with Gasteiger partial charge in [-0.2, -0.15) is 0 Å². The van der Waals surface area contributed by atoms with Crippen LogP contribution in [0.15, 0.2) is 35.6 Å². The van der Waals surface area contributed by atoms with Gasteiger partial charge in [0.15, 0.2) is 5.96 Å². The molecule has 1 atom stereocenters. The number of anilines is 1. The average Bonchev–Trinajstić information content (AvgIpc) is 3.30. The number of benzene rings is 1. The number of hydrogen-bond donors (Lipinski definition) is 1. The fraction of sp³-hybridized carbons (Fsp3) is 0.609. The van der Waals surface area contributed by atoms with Crippen molar-refractivity contribution in [3.05, 3.63) is 42.2 Å². The van der Waals surface area contributed by atoms with Crippen LogP contribution in [-0.2, 0) is 17.7 Å².